The minimum absolute atomic E-state index is 0.331. The number of rotatable bonds is 5. The molecule has 0 aliphatic carbocycles. The van der Waals surface area contributed by atoms with Gasteiger partial charge in [-0.2, -0.15) is 5.26 Å². The van der Waals surface area contributed by atoms with Gasteiger partial charge in [0, 0.05) is 12.4 Å². The lowest BCUT2D eigenvalue weighted by atomic mass is 10.1. The van der Waals surface area contributed by atoms with Gasteiger partial charge >= 0.3 is 0 Å². The molecule has 0 unspecified atom stereocenters. The van der Waals surface area contributed by atoms with E-state index in [1.54, 1.807) is 6.20 Å². The fourth-order valence-electron chi connectivity index (χ4n) is 1.87. The Morgan fingerprint density at radius 2 is 2.32 bits per heavy atom. The molecule has 19 heavy (non-hydrogen) atoms. The van der Waals surface area contributed by atoms with E-state index in [9.17, 15) is 4.39 Å². The fourth-order valence-corrected chi connectivity index (χ4v) is 1.87. The molecule has 2 rings (SSSR count). The van der Waals surface area contributed by atoms with Crippen molar-refractivity contribution in [3.8, 4) is 6.07 Å². The molecule has 0 fully saturated rings. The Morgan fingerprint density at radius 3 is 3.05 bits per heavy atom. The van der Waals surface area contributed by atoms with Gasteiger partial charge in [-0.15, -0.1) is 0 Å². The highest BCUT2D eigenvalue weighted by molar-refractivity contribution is 5.38. The van der Waals surface area contributed by atoms with Crippen molar-refractivity contribution in [3.63, 3.8) is 0 Å². The molecule has 0 aliphatic heterocycles. The molecule has 0 saturated heterocycles. The van der Waals surface area contributed by atoms with E-state index in [1.165, 1.54) is 18.2 Å². The van der Waals surface area contributed by atoms with Crippen LogP contribution in [0.5, 0.6) is 0 Å². The molecule has 0 atom stereocenters. The van der Waals surface area contributed by atoms with Crippen molar-refractivity contribution in [2.45, 2.75) is 20.0 Å². The number of benzene rings is 1. The summed E-state index contributed by atoms with van der Waals surface area (Å²) in [6.45, 7) is 3.98. The molecule has 1 aromatic carbocycles. The van der Waals surface area contributed by atoms with Gasteiger partial charge in [0.25, 0.3) is 0 Å². The second-order valence-corrected chi connectivity index (χ2v) is 4.16. The Hall–Kier alpha value is -2.19. The van der Waals surface area contributed by atoms with Crippen molar-refractivity contribution >= 4 is 0 Å². The van der Waals surface area contributed by atoms with Crippen LogP contribution < -0.4 is 5.32 Å². The summed E-state index contributed by atoms with van der Waals surface area (Å²) in [4.78, 5) is 4.25. The SMILES string of the molecule is CCNCc1nccn1Cc1cc(F)ccc1C#N. The minimum Gasteiger partial charge on any atom is -0.329 e. The maximum absolute atomic E-state index is 13.3. The Balaban J connectivity index is 2.24. The van der Waals surface area contributed by atoms with E-state index in [1.807, 2.05) is 17.7 Å². The van der Waals surface area contributed by atoms with E-state index in [0.29, 0.717) is 24.2 Å². The first-order valence-electron chi connectivity index (χ1n) is 6.14. The molecule has 0 aliphatic rings. The van der Waals surface area contributed by atoms with Crippen LogP contribution >= 0.6 is 0 Å². The van der Waals surface area contributed by atoms with Gasteiger partial charge in [-0.25, -0.2) is 9.37 Å². The molecule has 1 heterocycles. The van der Waals surface area contributed by atoms with Crippen LogP contribution in [0.4, 0.5) is 4.39 Å². The number of hydrogen-bond acceptors (Lipinski definition) is 3. The standard InChI is InChI=1S/C14H15FN4/c1-2-17-9-14-18-5-6-19(14)10-12-7-13(15)4-3-11(12)8-16/h3-7,17H,2,9-10H2,1H3. The smallest absolute Gasteiger partial charge is 0.123 e. The molecule has 4 nitrogen and oxygen atoms in total. The summed E-state index contributed by atoms with van der Waals surface area (Å²) in [7, 11) is 0. The molecule has 0 bridgehead atoms. The largest absolute Gasteiger partial charge is 0.329 e. The van der Waals surface area contributed by atoms with Gasteiger partial charge in [0.15, 0.2) is 0 Å². The summed E-state index contributed by atoms with van der Waals surface area (Å²) in [6.07, 6.45) is 3.54. The van der Waals surface area contributed by atoms with Gasteiger partial charge in [0.2, 0.25) is 0 Å². The van der Waals surface area contributed by atoms with Crippen LogP contribution in [0.25, 0.3) is 0 Å². The third-order valence-corrected chi connectivity index (χ3v) is 2.86. The normalized spacial score (nSPS) is 10.4. The molecule has 0 amide bonds. The lowest BCUT2D eigenvalue weighted by Gasteiger charge is -2.09. The van der Waals surface area contributed by atoms with Crippen LogP contribution in [0.1, 0.15) is 23.9 Å². The van der Waals surface area contributed by atoms with Crippen LogP contribution in [0, 0.1) is 17.1 Å². The van der Waals surface area contributed by atoms with Crippen molar-refractivity contribution in [1.29, 1.82) is 5.26 Å². The zero-order valence-electron chi connectivity index (χ0n) is 10.7. The van der Waals surface area contributed by atoms with Crippen LogP contribution in [-0.2, 0) is 13.1 Å². The Morgan fingerprint density at radius 1 is 1.47 bits per heavy atom. The van der Waals surface area contributed by atoms with Crippen LogP contribution in [0.3, 0.4) is 0 Å². The lowest BCUT2D eigenvalue weighted by Crippen LogP contribution is -2.16. The zero-order valence-corrected chi connectivity index (χ0v) is 10.7. The van der Waals surface area contributed by atoms with Crippen molar-refractivity contribution in [1.82, 2.24) is 14.9 Å². The summed E-state index contributed by atoms with van der Waals surface area (Å²) in [5, 5.41) is 12.2. The number of nitrogens with one attached hydrogen (secondary N) is 1. The summed E-state index contributed by atoms with van der Waals surface area (Å²) in [5.41, 5.74) is 1.16. The van der Waals surface area contributed by atoms with E-state index >= 15 is 0 Å². The molecule has 2 aromatic rings. The Bertz CT molecular complexity index is 598. The van der Waals surface area contributed by atoms with Crippen LogP contribution in [0.15, 0.2) is 30.6 Å². The number of aromatic nitrogens is 2. The van der Waals surface area contributed by atoms with Gasteiger partial charge in [-0.3, -0.25) is 0 Å². The first kappa shape index (κ1) is 13.2. The van der Waals surface area contributed by atoms with Crippen molar-refractivity contribution in [2.24, 2.45) is 0 Å². The van der Waals surface area contributed by atoms with E-state index in [-0.39, 0.29) is 5.82 Å². The molecule has 0 saturated carbocycles. The summed E-state index contributed by atoms with van der Waals surface area (Å²) < 4.78 is 15.2. The minimum atomic E-state index is -0.331. The van der Waals surface area contributed by atoms with Gasteiger partial charge < -0.3 is 9.88 Å². The lowest BCUT2D eigenvalue weighted by molar-refractivity contribution is 0.616. The Labute approximate surface area is 111 Å². The number of halogens is 1. The van der Waals surface area contributed by atoms with Gasteiger partial charge in [-0.1, -0.05) is 6.92 Å². The third kappa shape index (κ3) is 3.18. The highest BCUT2D eigenvalue weighted by atomic mass is 19.1. The van der Waals surface area contributed by atoms with E-state index in [0.717, 1.165) is 12.4 Å². The summed E-state index contributed by atoms with van der Waals surface area (Å²) >= 11 is 0. The zero-order chi connectivity index (χ0) is 13.7. The molecular weight excluding hydrogens is 243 g/mol. The van der Waals surface area contributed by atoms with Gasteiger partial charge in [0.05, 0.1) is 24.7 Å². The fraction of sp³-hybridized carbons (Fsp3) is 0.286. The second-order valence-electron chi connectivity index (χ2n) is 4.16. The van der Waals surface area contributed by atoms with Crippen molar-refractivity contribution in [2.75, 3.05) is 6.54 Å². The number of nitrogens with zero attached hydrogens (tertiary/aromatic N) is 3. The number of hydrogen-bond donors (Lipinski definition) is 1. The summed E-state index contributed by atoms with van der Waals surface area (Å²) in [5.74, 6) is 0.539. The second kappa shape index (κ2) is 6.12. The molecule has 1 aromatic heterocycles. The molecule has 0 spiro atoms. The average Bonchev–Trinajstić information content (AvgIpc) is 2.84. The van der Waals surface area contributed by atoms with Crippen molar-refractivity contribution < 1.29 is 4.39 Å². The topological polar surface area (TPSA) is 53.6 Å². The predicted molar refractivity (Wildman–Crippen MR) is 69.8 cm³/mol. The first-order chi connectivity index (χ1) is 9.24. The van der Waals surface area contributed by atoms with Gasteiger partial charge in [-0.05, 0) is 30.3 Å². The number of nitriles is 1. The molecule has 0 radical (unpaired) electrons. The van der Waals surface area contributed by atoms with Gasteiger partial charge in [0.1, 0.15) is 11.6 Å². The first-order valence-corrected chi connectivity index (χ1v) is 6.14. The van der Waals surface area contributed by atoms with Crippen LogP contribution in [0.2, 0.25) is 0 Å². The maximum atomic E-state index is 13.3. The van der Waals surface area contributed by atoms with E-state index in [2.05, 4.69) is 16.4 Å². The monoisotopic (exact) mass is 258 g/mol. The number of imidazole rings is 1. The predicted octanol–water partition coefficient (Wildman–Crippen LogP) is 2.05. The summed E-state index contributed by atoms with van der Waals surface area (Å²) in [6, 6.07) is 6.29. The van der Waals surface area contributed by atoms with E-state index in [4.69, 9.17) is 5.26 Å². The maximum Gasteiger partial charge on any atom is 0.123 e. The highest BCUT2D eigenvalue weighted by Gasteiger charge is 2.07. The Kier molecular flexibility index (Phi) is 4.26. The quantitative estimate of drug-likeness (QED) is 0.893. The third-order valence-electron chi connectivity index (χ3n) is 2.86. The molecule has 98 valence electrons. The van der Waals surface area contributed by atoms with Crippen molar-refractivity contribution in [3.05, 3.63) is 53.4 Å². The van der Waals surface area contributed by atoms with Crippen LogP contribution in [-0.4, -0.2) is 16.1 Å². The average molecular weight is 258 g/mol. The van der Waals surface area contributed by atoms with E-state index < -0.39 is 0 Å². The molecule has 5 heteroatoms. The highest BCUT2D eigenvalue weighted by Crippen LogP contribution is 2.13. The molecule has 1 N–H and O–H groups in total. The molecular formula is C14H15FN4.